The fourth-order valence-electron chi connectivity index (χ4n) is 7.34. The van der Waals surface area contributed by atoms with Crippen LogP contribution in [-0.4, -0.2) is 3.26 Å². The maximum absolute atomic E-state index is 2.72. The molecule has 40 heavy (non-hydrogen) atoms. The Bertz CT molecular complexity index is 1400. The Balaban J connectivity index is 1.69. The van der Waals surface area contributed by atoms with Gasteiger partial charge in [0.05, 0.1) is 0 Å². The molecule has 0 spiro atoms. The summed E-state index contributed by atoms with van der Waals surface area (Å²) in [6.07, 6.45) is 16.7. The zero-order valence-corrected chi connectivity index (χ0v) is 29.0. The van der Waals surface area contributed by atoms with Gasteiger partial charge in [0.1, 0.15) is 0 Å². The molecular formula is C39H46Hf. The molecule has 3 aromatic rings. The third-order valence-electron chi connectivity index (χ3n) is 9.57. The molecule has 0 aromatic heterocycles. The molecule has 0 unspecified atom stereocenters. The second-order valence-corrected chi connectivity index (χ2v) is 24.1. The summed E-state index contributed by atoms with van der Waals surface area (Å²) >= 11 is -2.72. The van der Waals surface area contributed by atoms with Crippen LogP contribution in [-0.2, 0) is 31.8 Å². The summed E-state index contributed by atoms with van der Waals surface area (Å²) in [6, 6.07) is 26.7. The van der Waals surface area contributed by atoms with E-state index >= 15 is 0 Å². The van der Waals surface area contributed by atoms with Crippen molar-refractivity contribution in [1.29, 1.82) is 0 Å². The van der Waals surface area contributed by atoms with Crippen molar-refractivity contribution in [3.8, 4) is 11.1 Å². The van der Waals surface area contributed by atoms with Crippen LogP contribution in [0.2, 0.25) is 3.67 Å². The van der Waals surface area contributed by atoms with Gasteiger partial charge in [-0.2, -0.15) is 0 Å². The first kappa shape index (κ1) is 28.0. The van der Waals surface area contributed by atoms with Crippen LogP contribution in [0.4, 0.5) is 0 Å². The molecule has 206 valence electrons. The normalized spacial score (nSPS) is 18.6. The molecule has 0 radical (unpaired) electrons. The maximum atomic E-state index is 2.63. The molecule has 1 fully saturated rings. The van der Waals surface area contributed by atoms with E-state index in [-0.39, 0.29) is 10.8 Å². The van der Waals surface area contributed by atoms with Gasteiger partial charge in [0, 0.05) is 0 Å². The molecule has 3 aliphatic rings. The molecule has 3 aliphatic carbocycles. The standard InChI is InChI=1S/C21H25.C13H16.C5H5.Hf/c1-20(2,3)16-7-9-18-14(12-16)11-15-13-17(21(4,5)6)8-10-19(15)18;1-3-7-12(8-4-1)11-13-9-5-2-6-10-13;1-2-4-5-3-1;/h7-13H,1-6H3;1,3-4,7-8,13H,2,5-6,9-10H2;1-5H;. The number of rotatable bonds is 4. The molecule has 0 aliphatic heterocycles. The first-order valence-corrected chi connectivity index (χ1v) is 21.5. The molecule has 0 nitrogen and oxygen atoms in total. The van der Waals surface area contributed by atoms with Gasteiger partial charge in [0.15, 0.2) is 0 Å². The third-order valence-corrected chi connectivity index (χ3v) is 22.7. The molecule has 0 amide bonds. The van der Waals surface area contributed by atoms with Crippen LogP contribution in [0.25, 0.3) is 11.1 Å². The van der Waals surface area contributed by atoms with Gasteiger partial charge in [-0.05, 0) is 0 Å². The van der Waals surface area contributed by atoms with Crippen LogP contribution in [0.5, 0.6) is 0 Å². The molecule has 0 bridgehead atoms. The average molecular weight is 693 g/mol. The van der Waals surface area contributed by atoms with E-state index in [0.717, 1.165) is 5.92 Å². The Morgan fingerprint density at radius 3 is 1.68 bits per heavy atom. The predicted molar refractivity (Wildman–Crippen MR) is 170 cm³/mol. The number of allylic oxidation sites excluding steroid dienone is 4. The van der Waals surface area contributed by atoms with Crippen LogP contribution in [0.3, 0.4) is 0 Å². The Labute approximate surface area is 250 Å². The summed E-state index contributed by atoms with van der Waals surface area (Å²) < 4.78 is 3.08. The van der Waals surface area contributed by atoms with Crippen molar-refractivity contribution in [3.05, 3.63) is 119 Å². The molecule has 0 heterocycles. The second-order valence-electron chi connectivity index (χ2n) is 14.4. The Kier molecular flexibility index (Phi) is 7.66. The zero-order chi connectivity index (χ0) is 28.1. The summed E-state index contributed by atoms with van der Waals surface area (Å²) in [4.78, 5) is 0. The van der Waals surface area contributed by atoms with Crippen molar-refractivity contribution in [2.45, 2.75) is 91.8 Å². The summed E-state index contributed by atoms with van der Waals surface area (Å²) in [5.41, 5.74) is 11.0. The van der Waals surface area contributed by atoms with Crippen LogP contribution in [0.1, 0.15) is 105 Å². The Morgan fingerprint density at radius 1 is 0.650 bits per heavy atom. The topological polar surface area (TPSA) is 0 Å². The summed E-state index contributed by atoms with van der Waals surface area (Å²) in [6.45, 7) is 14.2. The third kappa shape index (κ3) is 5.29. The van der Waals surface area contributed by atoms with Crippen LogP contribution in [0.15, 0.2) is 91.0 Å². The van der Waals surface area contributed by atoms with Gasteiger partial charge in [-0.15, -0.1) is 0 Å². The van der Waals surface area contributed by atoms with Gasteiger partial charge in [-0.25, -0.2) is 0 Å². The van der Waals surface area contributed by atoms with Gasteiger partial charge in [0.2, 0.25) is 0 Å². The van der Waals surface area contributed by atoms with E-state index in [1.807, 2.05) is 3.26 Å². The average Bonchev–Trinajstić information content (AvgIpc) is 3.58. The minimum absolute atomic E-state index is 0.138. The van der Waals surface area contributed by atoms with Crippen LogP contribution in [0, 0.1) is 5.92 Å². The summed E-state index contributed by atoms with van der Waals surface area (Å²) in [7, 11) is 0. The summed E-state index contributed by atoms with van der Waals surface area (Å²) in [5, 5.41) is 0. The van der Waals surface area contributed by atoms with E-state index in [2.05, 4.69) is 133 Å². The predicted octanol–water partition coefficient (Wildman–Crippen LogP) is 10.7. The SMILES string of the molecule is CC(C)(C)c1ccc2c(c1)[CH]([Hf](=[C](c1ccccc1)C1CCCCC1)[CH]1C=CC=C1)c1cc(C(C)(C)C)ccc1-2. The van der Waals surface area contributed by atoms with Crippen LogP contribution >= 0.6 is 0 Å². The Hall–Kier alpha value is -2.12. The van der Waals surface area contributed by atoms with Crippen molar-refractivity contribution < 1.29 is 21.0 Å². The molecule has 1 saturated carbocycles. The Morgan fingerprint density at radius 2 is 1.18 bits per heavy atom. The first-order valence-electron chi connectivity index (χ1n) is 15.6. The van der Waals surface area contributed by atoms with Gasteiger partial charge in [-0.3, -0.25) is 0 Å². The minimum atomic E-state index is -2.72. The second kappa shape index (κ2) is 10.9. The van der Waals surface area contributed by atoms with Crippen molar-refractivity contribution in [2.24, 2.45) is 5.92 Å². The quantitative estimate of drug-likeness (QED) is 0.239. The zero-order valence-electron chi connectivity index (χ0n) is 25.4. The first-order chi connectivity index (χ1) is 19.1. The molecule has 0 N–H and O–H groups in total. The molecule has 0 saturated heterocycles. The van der Waals surface area contributed by atoms with Gasteiger partial charge in [-0.1, -0.05) is 0 Å². The van der Waals surface area contributed by atoms with Crippen molar-refractivity contribution in [2.75, 3.05) is 0 Å². The number of hydrogen-bond donors (Lipinski definition) is 0. The van der Waals surface area contributed by atoms with Crippen LogP contribution < -0.4 is 0 Å². The summed E-state index contributed by atoms with van der Waals surface area (Å²) in [5.74, 6) is 0.741. The van der Waals surface area contributed by atoms with E-state index < -0.39 is 21.0 Å². The van der Waals surface area contributed by atoms with E-state index in [9.17, 15) is 0 Å². The molecule has 1 heteroatoms. The fourth-order valence-corrected chi connectivity index (χ4v) is 22.1. The van der Waals surface area contributed by atoms with E-state index in [1.165, 1.54) is 54.4 Å². The van der Waals surface area contributed by atoms with Gasteiger partial charge < -0.3 is 0 Å². The number of fused-ring (bicyclic) bond motifs is 3. The molecule has 6 rings (SSSR count). The monoisotopic (exact) mass is 694 g/mol. The van der Waals surface area contributed by atoms with Crippen molar-refractivity contribution in [1.82, 2.24) is 0 Å². The molecule has 0 atom stereocenters. The number of benzene rings is 3. The fraction of sp³-hybridized carbons (Fsp3) is 0.410. The van der Waals surface area contributed by atoms with E-state index in [0.29, 0.717) is 7.35 Å². The molecular weight excluding hydrogens is 647 g/mol. The van der Waals surface area contributed by atoms with Gasteiger partial charge in [0.25, 0.3) is 0 Å². The number of hydrogen-bond acceptors (Lipinski definition) is 0. The molecule has 3 aromatic carbocycles. The van der Waals surface area contributed by atoms with Crippen molar-refractivity contribution >= 4 is 3.26 Å². The van der Waals surface area contributed by atoms with Crippen molar-refractivity contribution in [3.63, 3.8) is 0 Å². The van der Waals surface area contributed by atoms with Gasteiger partial charge >= 0.3 is 252 Å². The van der Waals surface area contributed by atoms with E-state index in [1.54, 1.807) is 16.7 Å². The van der Waals surface area contributed by atoms with E-state index in [4.69, 9.17) is 0 Å².